The maximum Gasteiger partial charge on any atom is 0.231 e. The van der Waals surface area contributed by atoms with Crippen molar-refractivity contribution in [3.8, 4) is 17.0 Å². The van der Waals surface area contributed by atoms with Crippen molar-refractivity contribution in [1.82, 2.24) is 19.9 Å². The van der Waals surface area contributed by atoms with E-state index in [0.29, 0.717) is 17.9 Å². The number of nitrogens with one attached hydrogen (secondary N) is 1. The Hall–Kier alpha value is -3.39. The van der Waals surface area contributed by atoms with Gasteiger partial charge >= 0.3 is 0 Å². The van der Waals surface area contributed by atoms with E-state index >= 15 is 0 Å². The average Bonchev–Trinajstić information content (AvgIpc) is 3.42. The lowest BCUT2D eigenvalue weighted by Crippen LogP contribution is -3.20. The molecule has 2 aromatic carbocycles. The van der Waals surface area contributed by atoms with E-state index in [0.717, 1.165) is 81.3 Å². The predicted octanol–water partition coefficient (Wildman–Crippen LogP) is 1.60. The van der Waals surface area contributed by atoms with Gasteiger partial charge in [0.1, 0.15) is 17.5 Å². The summed E-state index contributed by atoms with van der Waals surface area (Å²) >= 11 is 0. The Morgan fingerprint density at radius 3 is 2.58 bits per heavy atom. The Morgan fingerprint density at radius 1 is 1.06 bits per heavy atom. The molecular weight excluding hydrogens is 452 g/mol. The molecule has 1 N–H and O–H groups in total. The van der Waals surface area contributed by atoms with Crippen LogP contribution in [0.2, 0.25) is 0 Å². The summed E-state index contributed by atoms with van der Waals surface area (Å²) in [6.45, 7) is 6.21. The molecule has 4 atom stereocenters. The van der Waals surface area contributed by atoms with E-state index < -0.39 is 0 Å². The Labute approximate surface area is 212 Å². The van der Waals surface area contributed by atoms with Gasteiger partial charge in [-0.05, 0) is 18.1 Å². The lowest BCUT2D eigenvalue weighted by molar-refractivity contribution is -0.945. The van der Waals surface area contributed by atoms with Crippen LogP contribution in [-0.2, 0) is 11.3 Å². The summed E-state index contributed by atoms with van der Waals surface area (Å²) in [5.41, 5.74) is 3.13. The average molecular weight is 488 g/mol. The van der Waals surface area contributed by atoms with Crippen molar-refractivity contribution >= 4 is 11.6 Å². The van der Waals surface area contributed by atoms with Crippen LogP contribution in [0.4, 0.5) is 5.69 Å². The second kappa shape index (κ2) is 9.93. The monoisotopic (exact) mass is 487 g/mol. The lowest BCUT2D eigenvalue weighted by atomic mass is 9.75. The molecule has 4 saturated heterocycles. The Balaban J connectivity index is 1.05. The maximum atomic E-state index is 13.6. The van der Waals surface area contributed by atoms with Gasteiger partial charge in [0, 0.05) is 44.6 Å². The van der Waals surface area contributed by atoms with E-state index in [9.17, 15) is 4.79 Å². The molecule has 1 unspecified atom stereocenters. The van der Waals surface area contributed by atoms with E-state index in [1.165, 1.54) is 0 Å². The number of methoxy groups -OCH3 is 1. The minimum absolute atomic E-state index is 0.151. The fraction of sp³-hybridized carbons (Fsp3) is 0.464. The molecule has 4 aliphatic heterocycles. The van der Waals surface area contributed by atoms with Crippen LogP contribution in [0.1, 0.15) is 12.8 Å². The van der Waals surface area contributed by atoms with Crippen molar-refractivity contribution < 1.29 is 14.4 Å². The number of quaternary nitrogens is 1. The number of benzene rings is 2. The second-order valence-electron chi connectivity index (χ2n) is 10.4. The molecule has 0 spiro atoms. The number of para-hydroxylation sites is 2. The number of carbonyl (C=O) groups is 1. The van der Waals surface area contributed by atoms with E-state index in [4.69, 9.17) is 4.74 Å². The summed E-state index contributed by atoms with van der Waals surface area (Å²) in [6, 6.07) is 18.9. The number of hydrogen-bond donors (Lipinski definition) is 1. The first-order chi connectivity index (χ1) is 17.7. The number of fused-ring (bicyclic) bond motifs is 3. The highest BCUT2D eigenvalue weighted by atomic mass is 16.5. The van der Waals surface area contributed by atoms with Crippen LogP contribution >= 0.6 is 0 Å². The zero-order valence-corrected chi connectivity index (χ0v) is 20.9. The van der Waals surface area contributed by atoms with Gasteiger partial charge < -0.3 is 19.4 Å². The largest absolute Gasteiger partial charge is 0.495 e. The van der Waals surface area contributed by atoms with Crippen molar-refractivity contribution in [2.24, 2.45) is 11.8 Å². The SMILES string of the molecule is COc1ccccc1N1CCN(C(=O)[C@H]2C[NH+]3CC[C@@H]2C[C@@H]3Cn2cc(-c3ccccc3)nn2)CC1. The molecular formula is C28H35N6O2+. The molecule has 0 saturated carbocycles. The van der Waals surface area contributed by atoms with Gasteiger partial charge in [0.2, 0.25) is 5.91 Å². The Morgan fingerprint density at radius 2 is 1.83 bits per heavy atom. The topological polar surface area (TPSA) is 67.9 Å². The number of carbonyl (C=O) groups excluding carboxylic acids is 1. The van der Waals surface area contributed by atoms with Crippen molar-refractivity contribution in [1.29, 1.82) is 0 Å². The third-order valence-electron chi connectivity index (χ3n) is 8.40. The van der Waals surface area contributed by atoms with Gasteiger partial charge in [0.05, 0.1) is 44.5 Å². The minimum Gasteiger partial charge on any atom is -0.495 e. The van der Waals surface area contributed by atoms with E-state index in [2.05, 4.69) is 44.5 Å². The molecule has 1 aromatic heterocycles. The zero-order chi connectivity index (χ0) is 24.5. The highest BCUT2D eigenvalue weighted by molar-refractivity contribution is 5.80. The second-order valence-corrected chi connectivity index (χ2v) is 10.4. The first-order valence-electron chi connectivity index (χ1n) is 13.2. The molecule has 3 aromatic rings. The Kier molecular flexibility index (Phi) is 6.35. The molecule has 4 aliphatic rings. The summed E-state index contributed by atoms with van der Waals surface area (Å²) in [5, 5.41) is 8.80. The minimum atomic E-state index is 0.151. The molecule has 188 valence electrons. The first-order valence-corrected chi connectivity index (χ1v) is 13.2. The highest BCUT2D eigenvalue weighted by Crippen LogP contribution is 2.31. The first kappa shape index (κ1) is 23.0. The van der Waals surface area contributed by atoms with Crippen LogP contribution in [0.15, 0.2) is 60.8 Å². The van der Waals surface area contributed by atoms with Crippen LogP contribution in [0, 0.1) is 11.8 Å². The van der Waals surface area contributed by atoms with Gasteiger partial charge in [-0.15, -0.1) is 5.10 Å². The molecule has 5 heterocycles. The summed E-state index contributed by atoms with van der Waals surface area (Å²) in [7, 11) is 1.72. The predicted molar refractivity (Wildman–Crippen MR) is 138 cm³/mol. The van der Waals surface area contributed by atoms with Gasteiger partial charge in [-0.1, -0.05) is 47.7 Å². The maximum absolute atomic E-state index is 13.6. The Bertz CT molecular complexity index is 1190. The van der Waals surface area contributed by atoms with Crippen molar-refractivity contribution in [3.63, 3.8) is 0 Å². The lowest BCUT2D eigenvalue weighted by Gasteiger charge is -2.47. The number of nitrogens with zero attached hydrogens (tertiary/aromatic N) is 5. The summed E-state index contributed by atoms with van der Waals surface area (Å²) < 4.78 is 7.54. The molecule has 0 aliphatic carbocycles. The van der Waals surface area contributed by atoms with Gasteiger partial charge in [-0.3, -0.25) is 4.79 Å². The zero-order valence-electron chi connectivity index (χ0n) is 20.9. The number of aromatic nitrogens is 3. The number of amides is 1. The van der Waals surface area contributed by atoms with Gasteiger partial charge in [-0.2, -0.15) is 0 Å². The summed E-state index contributed by atoms with van der Waals surface area (Å²) in [5.74, 6) is 1.89. The number of piperazine rings is 1. The van der Waals surface area contributed by atoms with Gasteiger partial charge in [0.15, 0.2) is 0 Å². The van der Waals surface area contributed by atoms with Gasteiger partial charge in [-0.25, -0.2) is 4.68 Å². The highest BCUT2D eigenvalue weighted by Gasteiger charge is 2.48. The summed E-state index contributed by atoms with van der Waals surface area (Å²) in [4.78, 5) is 19.6. The number of piperidine rings is 3. The third-order valence-corrected chi connectivity index (χ3v) is 8.40. The third kappa shape index (κ3) is 4.46. The van der Waals surface area contributed by atoms with Crippen molar-refractivity contribution in [3.05, 3.63) is 60.8 Å². The number of hydrogen-bond acceptors (Lipinski definition) is 5. The van der Waals surface area contributed by atoms with Crippen LogP contribution < -0.4 is 14.5 Å². The molecule has 36 heavy (non-hydrogen) atoms. The van der Waals surface area contributed by atoms with Crippen molar-refractivity contribution in [2.45, 2.75) is 25.4 Å². The fourth-order valence-electron chi connectivity index (χ4n) is 6.45. The molecule has 4 fully saturated rings. The van der Waals surface area contributed by atoms with Crippen LogP contribution in [0.25, 0.3) is 11.3 Å². The van der Waals surface area contributed by atoms with Crippen LogP contribution in [-0.4, -0.2) is 78.2 Å². The fourth-order valence-corrected chi connectivity index (χ4v) is 6.45. The molecule has 7 rings (SSSR count). The van der Waals surface area contributed by atoms with E-state index in [1.54, 1.807) is 12.0 Å². The normalized spacial score (nSPS) is 25.7. The number of anilines is 1. The van der Waals surface area contributed by atoms with E-state index in [1.807, 2.05) is 41.1 Å². The number of rotatable bonds is 6. The van der Waals surface area contributed by atoms with E-state index in [-0.39, 0.29) is 5.92 Å². The smallest absolute Gasteiger partial charge is 0.231 e. The summed E-state index contributed by atoms with van der Waals surface area (Å²) in [6.07, 6.45) is 4.30. The molecule has 0 radical (unpaired) electrons. The van der Waals surface area contributed by atoms with Crippen molar-refractivity contribution in [2.75, 3.05) is 51.3 Å². The molecule has 8 nitrogen and oxygen atoms in total. The van der Waals surface area contributed by atoms with Crippen LogP contribution in [0.3, 0.4) is 0 Å². The number of ether oxygens (including phenoxy) is 1. The van der Waals surface area contributed by atoms with Crippen LogP contribution in [0.5, 0.6) is 5.75 Å². The standard InChI is InChI=1S/C28H34N6O2/c1-36-27-10-6-5-9-26(27)31-13-15-32(16-14-31)28(35)24-19-33-12-11-22(24)17-23(33)18-34-20-25(29-30-34)21-7-3-2-4-8-21/h2-10,20,22-24H,11-19H2,1H3/p+1/t22-,23-,24+/m1/s1. The molecule has 2 bridgehead atoms. The molecule has 8 heteroatoms. The van der Waals surface area contributed by atoms with Gasteiger partial charge in [0.25, 0.3) is 0 Å². The quantitative estimate of drug-likeness (QED) is 0.572. The molecule has 1 amide bonds.